The molecule has 0 spiro atoms. The van der Waals surface area contributed by atoms with Gasteiger partial charge in [-0.15, -0.1) is 0 Å². The largest absolute Gasteiger partial charge is 0.336 e. The van der Waals surface area contributed by atoms with Crippen molar-refractivity contribution in [3.63, 3.8) is 0 Å². The highest BCUT2D eigenvalue weighted by Crippen LogP contribution is 2.14. The lowest BCUT2D eigenvalue weighted by atomic mass is 10.3. The second-order valence-electron chi connectivity index (χ2n) is 4.45. The van der Waals surface area contributed by atoms with E-state index in [-0.39, 0.29) is 23.0 Å². The fourth-order valence-electron chi connectivity index (χ4n) is 1.56. The highest BCUT2D eigenvalue weighted by molar-refractivity contribution is 7.85. The van der Waals surface area contributed by atoms with Crippen LogP contribution in [0.2, 0.25) is 5.15 Å². The molecule has 0 radical (unpaired) electrons. The van der Waals surface area contributed by atoms with Gasteiger partial charge < -0.3 is 5.32 Å². The van der Waals surface area contributed by atoms with Gasteiger partial charge in [0.1, 0.15) is 11.5 Å². The van der Waals surface area contributed by atoms with Crippen molar-refractivity contribution in [3.05, 3.63) is 45.5 Å². The van der Waals surface area contributed by atoms with Gasteiger partial charge in [0, 0.05) is 19.3 Å². The van der Waals surface area contributed by atoms with Crippen LogP contribution in [0.3, 0.4) is 0 Å². The van der Waals surface area contributed by atoms with E-state index in [2.05, 4.69) is 19.6 Å². The summed E-state index contributed by atoms with van der Waals surface area (Å²) in [6, 6.07) is 4.62. The molecule has 10 heteroatoms. The molecule has 0 aliphatic rings. The number of aryl methyl sites for hydroxylation is 1. The van der Waals surface area contributed by atoms with Crippen LogP contribution in [0, 0.1) is 0 Å². The van der Waals surface area contributed by atoms with Gasteiger partial charge in [-0.2, -0.15) is 13.5 Å². The molecule has 0 aliphatic heterocycles. The van der Waals surface area contributed by atoms with Gasteiger partial charge in [0.05, 0.1) is 12.9 Å². The van der Waals surface area contributed by atoms with Crippen LogP contribution in [-0.2, 0) is 28.0 Å². The van der Waals surface area contributed by atoms with Gasteiger partial charge >= 0.3 is 0 Å². The minimum absolute atomic E-state index is 0.102. The third-order valence-electron chi connectivity index (χ3n) is 2.56. The van der Waals surface area contributed by atoms with E-state index in [0.29, 0.717) is 11.4 Å². The maximum absolute atomic E-state index is 11.9. The number of halogens is 1. The smallest absolute Gasteiger partial charge is 0.290 e. The fraction of sp³-hybridized carbons (Fsp3) is 0.250. The van der Waals surface area contributed by atoms with E-state index in [4.69, 9.17) is 11.6 Å². The second kappa shape index (κ2) is 6.42. The first-order valence-corrected chi connectivity index (χ1v) is 8.24. The molecule has 8 nitrogen and oxygen atoms in total. The highest BCUT2D eigenvalue weighted by atomic mass is 35.5. The monoisotopic (exact) mass is 344 g/mol. The Kier molecular flexibility index (Phi) is 4.79. The molecule has 118 valence electrons. The predicted molar refractivity (Wildman–Crippen MR) is 81.6 cm³/mol. The Morgan fingerprint density at radius 3 is 2.73 bits per heavy atom. The van der Waals surface area contributed by atoms with Gasteiger partial charge in [-0.1, -0.05) is 17.7 Å². The maximum Gasteiger partial charge on any atom is 0.290 e. The number of pyridine rings is 1. The third-order valence-corrected chi connectivity index (χ3v) is 3.29. The number of aromatic nitrogens is 3. The van der Waals surface area contributed by atoms with E-state index in [9.17, 15) is 13.2 Å². The van der Waals surface area contributed by atoms with Crippen LogP contribution in [0.1, 0.15) is 5.56 Å². The van der Waals surface area contributed by atoms with E-state index in [0.717, 1.165) is 10.9 Å². The molecule has 0 fully saturated rings. The fourth-order valence-corrected chi connectivity index (χ4v) is 2.13. The Balaban J connectivity index is 2.14. The molecule has 0 amide bonds. The summed E-state index contributed by atoms with van der Waals surface area (Å²) >= 11 is 5.79. The van der Waals surface area contributed by atoms with Crippen molar-refractivity contribution in [1.29, 1.82) is 0 Å². The molecule has 2 rings (SSSR count). The molecule has 0 aliphatic carbocycles. The predicted octanol–water partition coefficient (Wildman–Crippen LogP) is 1.05. The molecule has 0 bridgehead atoms. The Morgan fingerprint density at radius 2 is 2.14 bits per heavy atom. The molecular formula is C12H13ClN4O4S. The first kappa shape index (κ1) is 16.4. The summed E-state index contributed by atoms with van der Waals surface area (Å²) in [5, 5.41) is 6.77. The van der Waals surface area contributed by atoms with E-state index >= 15 is 0 Å². The van der Waals surface area contributed by atoms with Crippen molar-refractivity contribution < 1.29 is 12.6 Å². The summed E-state index contributed by atoms with van der Waals surface area (Å²) in [6.45, 7) is -0.102. The van der Waals surface area contributed by atoms with Gasteiger partial charge in [-0.3, -0.25) is 8.98 Å². The minimum atomic E-state index is -3.51. The van der Waals surface area contributed by atoms with Gasteiger partial charge in [0.25, 0.3) is 15.7 Å². The number of nitrogens with one attached hydrogen (secondary N) is 1. The van der Waals surface area contributed by atoms with Gasteiger partial charge in [0.15, 0.2) is 5.15 Å². The molecule has 0 atom stereocenters. The Morgan fingerprint density at radius 1 is 1.41 bits per heavy atom. The van der Waals surface area contributed by atoms with Crippen molar-refractivity contribution in [2.24, 2.45) is 7.05 Å². The number of hydrogen-bond acceptors (Lipinski definition) is 7. The van der Waals surface area contributed by atoms with Crippen molar-refractivity contribution >= 4 is 33.2 Å². The first-order valence-electron chi connectivity index (χ1n) is 6.05. The zero-order valence-electron chi connectivity index (χ0n) is 11.8. The standard InChI is InChI=1S/C12H13ClN4O4S/c1-17-12(18)9(5-10(13)16-17)15-11-4-3-8(6-14-11)7-21-22(2,19)20/h3-6H,7H2,1-2H3,(H,14,15). The highest BCUT2D eigenvalue weighted by Gasteiger charge is 2.07. The van der Waals surface area contributed by atoms with Gasteiger partial charge in [-0.25, -0.2) is 9.67 Å². The number of nitrogens with zero attached hydrogens (tertiary/aromatic N) is 3. The molecule has 22 heavy (non-hydrogen) atoms. The first-order chi connectivity index (χ1) is 10.2. The Labute approximate surface area is 131 Å². The lowest BCUT2D eigenvalue weighted by Crippen LogP contribution is -2.22. The lowest BCUT2D eigenvalue weighted by Gasteiger charge is -2.07. The summed E-state index contributed by atoms with van der Waals surface area (Å²) in [6.07, 6.45) is 2.42. The van der Waals surface area contributed by atoms with Gasteiger partial charge in [-0.05, 0) is 11.6 Å². The number of hydrogen-bond donors (Lipinski definition) is 1. The Bertz CT molecular complexity index is 833. The van der Waals surface area contributed by atoms with Crippen LogP contribution in [0.25, 0.3) is 0 Å². The van der Waals surface area contributed by atoms with Crippen molar-refractivity contribution in [3.8, 4) is 0 Å². The van der Waals surface area contributed by atoms with Crippen LogP contribution < -0.4 is 10.9 Å². The summed E-state index contributed by atoms with van der Waals surface area (Å²) in [5.41, 5.74) is 0.461. The van der Waals surface area contributed by atoms with E-state index in [1.54, 1.807) is 12.1 Å². The van der Waals surface area contributed by atoms with Crippen molar-refractivity contribution in [1.82, 2.24) is 14.8 Å². The van der Waals surface area contributed by atoms with Crippen LogP contribution in [0.15, 0.2) is 29.2 Å². The average Bonchev–Trinajstić information content (AvgIpc) is 2.42. The average molecular weight is 345 g/mol. The molecule has 0 aromatic carbocycles. The van der Waals surface area contributed by atoms with E-state index < -0.39 is 10.1 Å². The molecule has 2 aromatic heterocycles. The van der Waals surface area contributed by atoms with Gasteiger partial charge in [0.2, 0.25) is 0 Å². The van der Waals surface area contributed by atoms with Crippen LogP contribution in [0.4, 0.5) is 11.5 Å². The van der Waals surface area contributed by atoms with Crippen LogP contribution >= 0.6 is 11.6 Å². The summed E-state index contributed by atoms with van der Waals surface area (Å²) < 4.78 is 27.6. The third kappa shape index (κ3) is 4.52. The van der Waals surface area contributed by atoms with Crippen LogP contribution in [0.5, 0.6) is 0 Å². The lowest BCUT2D eigenvalue weighted by molar-refractivity contribution is 0.311. The topological polar surface area (TPSA) is 103 Å². The molecule has 0 saturated carbocycles. The summed E-state index contributed by atoms with van der Waals surface area (Å²) in [5.74, 6) is 0.405. The number of anilines is 2. The van der Waals surface area contributed by atoms with E-state index in [1.165, 1.54) is 19.3 Å². The second-order valence-corrected chi connectivity index (χ2v) is 6.48. The summed E-state index contributed by atoms with van der Waals surface area (Å²) in [7, 11) is -2.02. The van der Waals surface area contributed by atoms with Crippen LogP contribution in [-0.4, -0.2) is 29.4 Å². The molecule has 1 N–H and O–H groups in total. The summed E-state index contributed by atoms with van der Waals surface area (Å²) in [4.78, 5) is 15.9. The molecule has 2 aromatic rings. The zero-order chi connectivity index (χ0) is 16.3. The molecular weight excluding hydrogens is 332 g/mol. The SMILES string of the molecule is Cn1nc(Cl)cc(Nc2ccc(COS(C)(=O)=O)cn2)c1=O. The van der Waals surface area contributed by atoms with E-state index in [1.807, 2.05) is 0 Å². The molecule has 0 saturated heterocycles. The molecule has 2 heterocycles. The zero-order valence-corrected chi connectivity index (χ0v) is 13.3. The normalized spacial score (nSPS) is 11.4. The Hall–Kier alpha value is -1.97. The molecule has 0 unspecified atom stereocenters. The maximum atomic E-state index is 11.9. The quantitative estimate of drug-likeness (QED) is 0.808. The van der Waals surface area contributed by atoms with Crippen molar-refractivity contribution in [2.75, 3.05) is 11.6 Å². The van der Waals surface area contributed by atoms with Crippen molar-refractivity contribution in [2.45, 2.75) is 6.61 Å². The number of rotatable bonds is 5. The minimum Gasteiger partial charge on any atom is -0.336 e.